The van der Waals surface area contributed by atoms with E-state index in [4.69, 9.17) is 53.8 Å². The summed E-state index contributed by atoms with van der Waals surface area (Å²) in [5.74, 6) is 4.48. The number of methoxy groups -OCH3 is 2. The molecule has 496 valence electrons. The molecule has 23 heteroatoms. The first kappa shape index (κ1) is 68.4. The number of nitrogens with one attached hydrogen (secondary N) is 3. The van der Waals surface area contributed by atoms with Crippen LogP contribution >= 0.6 is 15.9 Å². The molecule has 0 spiro atoms. The molecule has 0 saturated carbocycles. The third kappa shape index (κ3) is 17.7. The van der Waals surface area contributed by atoms with Crippen LogP contribution in [0.3, 0.4) is 0 Å². The van der Waals surface area contributed by atoms with Crippen LogP contribution in [0.5, 0.6) is 11.5 Å². The number of rotatable bonds is 15. The van der Waals surface area contributed by atoms with Crippen LogP contribution in [0.25, 0.3) is 33.2 Å². The number of aryl methyl sites for hydroxylation is 6. The zero-order chi connectivity index (χ0) is 66.6. The van der Waals surface area contributed by atoms with E-state index in [0.717, 1.165) is 192 Å². The van der Waals surface area contributed by atoms with Crippen LogP contribution in [0, 0.1) is 41.5 Å². The Bertz CT molecular complexity index is 4260. The average molecular weight is 1460 g/mol. The zero-order valence-corrected chi connectivity index (χ0v) is 60.9. The van der Waals surface area contributed by atoms with Crippen molar-refractivity contribution in [3.8, 4) is 22.9 Å². The van der Waals surface area contributed by atoms with Gasteiger partial charge in [0.2, 0.25) is 0 Å². The van der Waals surface area contributed by atoms with Gasteiger partial charge in [-0.25, -0.2) is 34.9 Å². The van der Waals surface area contributed by atoms with Gasteiger partial charge in [0.1, 0.15) is 40.3 Å². The van der Waals surface area contributed by atoms with E-state index in [1.54, 1.807) is 33.1 Å². The number of benzene rings is 2. The van der Waals surface area contributed by atoms with Crippen molar-refractivity contribution in [1.29, 1.82) is 0 Å². The zero-order valence-electron chi connectivity index (χ0n) is 56.5. The minimum atomic E-state index is -2.49. The molecule has 95 heavy (non-hydrogen) atoms. The van der Waals surface area contributed by atoms with Crippen LogP contribution in [0.2, 0.25) is 14.8 Å². The van der Waals surface area contributed by atoms with Crippen molar-refractivity contribution in [3.05, 3.63) is 176 Å². The molecule has 2 aromatic carbocycles. The number of ether oxygens (including phenoxy) is 5. The third-order valence-electron chi connectivity index (χ3n) is 17.0. The average Bonchev–Trinajstić information content (AvgIpc) is 1.64. The van der Waals surface area contributed by atoms with Gasteiger partial charge in [-0.3, -0.25) is 9.67 Å². The van der Waals surface area contributed by atoms with E-state index in [1.807, 2.05) is 87.8 Å². The van der Waals surface area contributed by atoms with Gasteiger partial charge in [0.15, 0.2) is 0 Å². The molecular weight excluding hydrogens is 1370 g/mol. The number of halogens is 1. The van der Waals surface area contributed by atoms with Gasteiger partial charge in [-0.05, 0) is 141 Å². The van der Waals surface area contributed by atoms with Gasteiger partial charge in [0.05, 0.1) is 48.2 Å². The van der Waals surface area contributed by atoms with Gasteiger partial charge < -0.3 is 24.8 Å². The van der Waals surface area contributed by atoms with E-state index < -0.39 is 18.4 Å². The van der Waals surface area contributed by atoms with E-state index in [2.05, 4.69) is 126 Å². The largest absolute Gasteiger partial charge is 0.497 e. The van der Waals surface area contributed by atoms with Gasteiger partial charge in [-0.1, -0.05) is 12.1 Å². The molecular formula is C72H87BrN16O5Sn. The molecule has 14 rings (SSSR count). The predicted molar refractivity (Wildman–Crippen MR) is 382 cm³/mol. The fourth-order valence-corrected chi connectivity index (χ4v) is 16.6. The number of aliphatic imine (C=N–C) groups is 1. The molecule has 0 amide bonds. The quantitative estimate of drug-likeness (QED) is 0.0639. The topological polar surface area (TPSA) is 233 Å². The van der Waals surface area contributed by atoms with Crippen molar-refractivity contribution >= 4 is 83.0 Å². The van der Waals surface area contributed by atoms with Gasteiger partial charge in [-0.2, -0.15) is 5.10 Å². The monoisotopic (exact) mass is 1450 g/mol. The summed E-state index contributed by atoms with van der Waals surface area (Å²) in [6.45, 7) is 18.9. The molecule has 0 bridgehead atoms. The summed E-state index contributed by atoms with van der Waals surface area (Å²) in [6.07, 6.45) is 10.9. The van der Waals surface area contributed by atoms with E-state index in [1.165, 1.54) is 31.3 Å². The van der Waals surface area contributed by atoms with E-state index >= 15 is 0 Å². The maximum atomic E-state index is 5.54. The molecule has 3 fully saturated rings. The molecule has 0 aliphatic carbocycles. The Morgan fingerprint density at radius 3 is 1.46 bits per heavy atom. The maximum absolute atomic E-state index is 5.54. The van der Waals surface area contributed by atoms with Crippen LogP contribution in [0.4, 0.5) is 17.5 Å². The second-order valence-electron chi connectivity index (χ2n) is 25.6. The maximum Gasteiger partial charge on any atom is 0.138 e. The molecule has 0 atom stereocenters. The van der Waals surface area contributed by atoms with Crippen molar-refractivity contribution < 1.29 is 23.7 Å². The van der Waals surface area contributed by atoms with Crippen molar-refractivity contribution in [2.75, 3.05) is 69.8 Å². The van der Waals surface area contributed by atoms with Crippen LogP contribution in [0.15, 0.2) is 119 Å². The summed E-state index contributed by atoms with van der Waals surface area (Å²) in [4.78, 5) is 47.9. The first-order chi connectivity index (χ1) is 45.9. The SMILES string of the molecule is COc1ccc(Cn2n[c]([Sn]([CH3])([CH3])[CH3])c3c(NC4CCOCC4)nc(C)cc32)cc1.COc1ccc(Cn2nc(-c3cc(C)ncn3)c3c(NC4CCOCC4)nc(C)cc32)cc1.Cc1cc(C2=NCc3cc(C)nc(NC4CCOCC4)c32)ncn1.Cc1ccnc(Br)c1. The molecule has 0 unspecified atom stereocenters. The van der Waals surface area contributed by atoms with E-state index in [0.29, 0.717) is 31.2 Å². The molecule has 8 aromatic heterocycles. The molecule has 3 saturated heterocycles. The van der Waals surface area contributed by atoms with Crippen LogP contribution in [0.1, 0.15) is 101 Å². The summed E-state index contributed by atoms with van der Waals surface area (Å²) < 4.78 is 33.5. The van der Waals surface area contributed by atoms with Crippen molar-refractivity contribution in [2.45, 2.75) is 133 Å². The minimum absolute atomic E-state index is 0.321. The summed E-state index contributed by atoms with van der Waals surface area (Å²) in [5, 5.41) is 23.4. The first-order valence-corrected chi connectivity index (χ1v) is 43.5. The number of aromatic nitrogens is 12. The number of anilines is 3. The summed E-state index contributed by atoms with van der Waals surface area (Å²) >= 11 is 0.757. The molecule has 21 nitrogen and oxygen atoms in total. The standard InChI is InChI=1S/C25H28N6O2.C20H23N4O2.C18H21N5O.C6H6BrN.3CH3.Sn/c1-16-12-21(27-15-26-16)24-23-22(31(30-24)14-18-4-6-20(32-3)7-5-18)13-17(2)28-25(23)29-19-8-10-33-11-9-19;1-14-11-19-18(20(22-14)23-16-7-9-26-10-8-16)12-21-24(19)13-15-3-5-17(25-2)6-4-15;1-11-8-15(21-10-20-11)17-16-13(9-19-17)7-12(2)22-18(16)23-14-3-5-24-6-4-14;1-5-2-3-8-6(7)4-5;;;;/h4-7,12-13,15,19H,8-11,14H2,1-3H3,(H,28,29);3-6,11,16H,7-10,13H2,1-2H3,(H,22,23);7-8,10,14H,3-6,9H2,1-2H3,(H,22,23);2-4H,1H3;3*1H3;. The third-order valence-corrected chi connectivity index (χ3v) is 22.4. The minimum Gasteiger partial charge on any atom is -0.497 e. The Balaban J connectivity index is 0.000000138. The Kier molecular flexibility index (Phi) is 22.8. The van der Waals surface area contributed by atoms with E-state index in [-0.39, 0.29) is 0 Å². The summed E-state index contributed by atoms with van der Waals surface area (Å²) in [5.41, 5.74) is 16.3. The first-order valence-electron chi connectivity index (χ1n) is 32.7. The number of hydrogen-bond acceptors (Lipinski definition) is 19. The molecule has 12 heterocycles. The van der Waals surface area contributed by atoms with Crippen LogP contribution < -0.4 is 29.1 Å². The molecule has 4 aliphatic heterocycles. The van der Waals surface area contributed by atoms with Gasteiger partial charge >= 0.3 is 183 Å². The molecule has 0 radical (unpaired) electrons. The Hall–Kier alpha value is -8.03. The normalized spacial score (nSPS) is 15.1. The van der Waals surface area contributed by atoms with Crippen molar-refractivity contribution in [1.82, 2.24) is 59.4 Å². The van der Waals surface area contributed by atoms with Crippen LogP contribution in [-0.4, -0.2) is 156 Å². The smallest absolute Gasteiger partial charge is 0.138 e. The van der Waals surface area contributed by atoms with Crippen LogP contribution in [-0.2, 0) is 33.8 Å². The number of pyridine rings is 4. The fraction of sp³-hybridized carbons (Fsp3) is 0.403. The van der Waals surface area contributed by atoms with E-state index in [9.17, 15) is 0 Å². The number of hydrogen-bond donors (Lipinski definition) is 3. The van der Waals surface area contributed by atoms with Gasteiger partial charge in [0, 0.05) is 73.0 Å². The fourth-order valence-electron chi connectivity index (χ4n) is 12.1. The molecule has 4 aliphatic rings. The van der Waals surface area contributed by atoms with Crippen molar-refractivity contribution in [2.24, 2.45) is 4.99 Å². The Morgan fingerprint density at radius 2 is 0.979 bits per heavy atom. The van der Waals surface area contributed by atoms with Gasteiger partial charge in [0.25, 0.3) is 0 Å². The van der Waals surface area contributed by atoms with Gasteiger partial charge in [-0.15, -0.1) is 0 Å². The number of nitrogens with zero attached hydrogens (tertiary/aromatic N) is 13. The molecule has 10 aromatic rings. The summed E-state index contributed by atoms with van der Waals surface area (Å²) in [6, 6.07) is 31.7. The molecule has 3 N–H and O–H groups in total. The second kappa shape index (κ2) is 31.7. The Labute approximate surface area is 569 Å². The second-order valence-corrected chi connectivity index (χ2v) is 40.6. The van der Waals surface area contributed by atoms with Crippen molar-refractivity contribution in [3.63, 3.8) is 0 Å². The number of fused-ring (bicyclic) bond motifs is 3. The summed E-state index contributed by atoms with van der Waals surface area (Å²) in [7, 11) is 3.37. The Morgan fingerprint density at radius 1 is 0.516 bits per heavy atom. The predicted octanol–water partition coefficient (Wildman–Crippen LogP) is 12.7.